The molecule has 0 aliphatic carbocycles. The van der Waals surface area contributed by atoms with Crippen molar-refractivity contribution in [3.63, 3.8) is 0 Å². The Hall–Kier alpha value is -3.13. The van der Waals surface area contributed by atoms with Crippen LogP contribution in [0.3, 0.4) is 0 Å². The maximum Gasteiger partial charge on any atom is 0.267 e. The number of benzene rings is 1. The summed E-state index contributed by atoms with van der Waals surface area (Å²) in [7, 11) is 0. The molecule has 0 fully saturated rings. The first-order valence-electron chi connectivity index (χ1n) is 9.86. The normalized spacial score (nSPS) is 14.2. The van der Waals surface area contributed by atoms with Crippen molar-refractivity contribution < 1.29 is 13.6 Å². The molecule has 0 atom stereocenters. The zero-order valence-corrected chi connectivity index (χ0v) is 16.9. The van der Waals surface area contributed by atoms with Crippen LogP contribution in [0, 0.1) is 11.6 Å². The van der Waals surface area contributed by atoms with E-state index in [2.05, 4.69) is 28.8 Å². The van der Waals surface area contributed by atoms with Gasteiger partial charge in [0.15, 0.2) is 0 Å². The van der Waals surface area contributed by atoms with E-state index in [0.29, 0.717) is 30.8 Å². The third-order valence-electron chi connectivity index (χ3n) is 5.36. The van der Waals surface area contributed by atoms with Gasteiger partial charge in [-0.2, -0.15) is 5.10 Å². The summed E-state index contributed by atoms with van der Waals surface area (Å²) in [5.74, 6) is -2.01. The summed E-state index contributed by atoms with van der Waals surface area (Å²) in [5, 5.41) is 4.37. The quantitative estimate of drug-likeness (QED) is 0.698. The highest BCUT2D eigenvalue weighted by molar-refractivity contribution is 5.92. The van der Waals surface area contributed by atoms with E-state index >= 15 is 0 Å². The number of nitrogens with zero attached hydrogens (tertiary/aromatic N) is 4. The van der Waals surface area contributed by atoms with Gasteiger partial charge in [-0.25, -0.2) is 13.8 Å². The van der Waals surface area contributed by atoms with Crippen molar-refractivity contribution in [2.24, 2.45) is 5.73 Å². The maximum atomic E-state index is 14.5. The number of nitrogens with two attached hydrogens (primary N) is 1. The first kappa shape index (κ1) is 20.2. The first-order valence-corrected chi connectivity index (χ1v) is 9.86. The number of carbonyl (C=O) groups excluding carboxylic acids is 1. The second kappa shape index (κ2) is 7.95. The molecule has 156 valence electrons. The van der Waals surface area contributed by atoms with Crippen LogP contribution in [0.1, 0.15) is 47.3 Å². The van der Waals surface area contributed by atoms with Crippen LogP contribution >= 0.6 is 0 Å². The van der Waals surface area contributed by atoms with Gasteiger partial charge in [0.1, 0.15) is 17.3 Å². The Morgan fingerprint density at radius 1 is 1.20 bits per heavy atom. The molecule has 0 saturated carbocycles. The second-order valence-corrected chi connectivity index (χ2v) is 7.79. The summed E-state index contributed by atoms with van der Waals surface area (Å²) in [6, 6.07) is 7.17. The van der Waals surface area contributed by atoms with Gasteiger partial charge in [-0.3, -0.25) is 14.4 Å². The van der Waals surface area contributed by atoms with Crippen molar-refractivity contribution in [1.29, 1.82) is 0 Å². The molecule has 1 aromatic carbocycles. The molecule has 0 radical (unpaired) electrons. The fourth-order valence-corrected chi connectivity index (χ4v) is 3.97. The van der Waals surface area contributed by atoms with E-state index in [1.54, 1.807) is 6.20 Å². The SMILES string of the molecule is CC(C)n1nccc1CN1CCc2c(-c3ccc(F)cc3F)cc(C(N)=O)nc2C1. The van der Waals surface area contributed by atoms with Gasteiger partial charge in [-0.1, -0.05) is 0 Å². The molecule has 1 amide bonds. The number of rotatable bonds is 5. The predicted molar refractivity (Wildman–Crippen MR) is 109 cm³/mol. The van der Waals surface area contributed by atoms with Gasteiger partial charge in [0.25, 0.3) is 5.91 Å². The summed E-state index contributed by atoms with van der Waals surface area (Å²) in [6.45, 7) is 6.07. The molecule has 4 rings (SSSR count). The minimum Gasteiger partial charge on any atom is -0.364 e. The van der Waals surface area contributed by atoms with Crippen LogP contribution in [0.25, 0.3) is 11.1 Å². The standard InChI is InChI=1S/C22H23F2N5O/c1-13(2)29-15(5-7-26-29)11-28-8-6-17-18(16-4-3-14(23)9-19(16)24)10-20(22(25)30)27-21(17)12-28/h3-5,7,9-10,13H,6,8,11-12H2,1-2H3,(H2,25,30). The molecule has 3 aromatic rings. The molecule has 3 heterocycles. The predicted octanol–water partition coefficient (Wildman–Crippen LogP) is 3.46. The Bertz CT molecular complexity index is 1110. The van der Waals surface area contributed by atoms with Gasteiger partial charge >= 0.3 is 0 Å². The van der Waals surface area contributed by atoms with Crippen LogP contribution in [-0.2, 0) is 19.5 Å². The van der Waals surface area contributed by atoms with Crippen molar-refractivity contribution in [3.8, 4) is 11.1 Å². The fraction of sp³-hybridized carbons (Fsp3) is 0.318. The lowest BCUT2D eigenvalue weighted by atomic mass is 9.92. The number of primary amides is 1. The Labute approximate surface area is 173 Å². The Morgan fingerprint density at radius 2 is 2.00 bits per heavy atom. The zero-order chi connectivity index (χ0) is 21.4. The lowest BCUT2D eigenvalue weighted by molar-refractivity contribution is 0.0994. The average molecular weight is 411 g/mol. The summed E-state index contributed by atoms with van der Waals surface area (Å²) >= 11 is 0. The number of carbonyl (C=O) groups is 1. The number of hydrogen-bond acceptors (Lipinski definition) is 4. The number of amides is 1. The number of aromatic nitrogens is 3. The lowest BCUT2D eigenvalue weighted by Gasteiger charge is -2.30. The molecule has 0 unspecified atom stereocenters. The van der Waals surface area contributed by atoms with Gasteiger partial charge in [-0.05, 0) is 55.7 Å². The molecule has 2 N–H and O–H groups in total. The van der Waals surface area contributed by atoms with Crippen LogP contribution in [0.5, 0.6) is 0 Å². The molecule has 30 heavy (non-hydrogen) atoms. The van der Waals surface area contributed by atoms with Crippen LogP contribution in [0.2, 0.25) is 0 Å². The van der Waals surface area contributed by atoms with Gasteiger partial charge in [0.05, 0.1) is 11.4 Å². The van der Waals surface area contributed by atoms with Gasteiger partial charge in [0, 0.05) is 43.5 Å². The van der Waals surface area contributed by atoms with E-state index in [-0.39, 0.29) is 17.3 Å². The Kier molecular flexibility index (Phi) is 5.34. The fourth-order valence-electron chi connectivity index (χ4n) is 3.97. The van der Waals surface area contributed by atoms with E-state index in [0.717, 1.165) is 23.9 Å². The van der Waals surface area contributed by atoms with Crippen LogP contribution < -0.4 is 5.73 Å². The Morgan fingerprint density at radius 3 is 2.70 bits per heavy atom. The zero-order valence-electron chi connectivity index (χ0n) is 16.9. The average Bonchev–Trinajstić information content (AvgIpc) is 3.15. The van der Waals surface area contributed by atoms with Gasteiger partial charge < -0.3 is 5.73 Å². The summed E-state index contributed by atoms with van der Waals surface area (Å²) in [6.07, 6.45) is 2.41. The van der Waals surface area contributed by atoms with Crippen molar-refractivity contribution in [3.05, 3.63) is 70.8 Å². The highest BCUT2D eigenvalue weighted by Gasteiger charge is 2.25. The second-order valence-electron chi connectivity index (χ2n) is 7.79. The van der Waals surface area contributed by atoms with E-state index in [1.165, 1.54) is 18.2 Å². The maximum absolute atomic E-state index is 14.5. The lowest BCUT2D eigenvalue weighted by Crippen LogP contribution is -2.33. The van der Waals surface area contributed by atoms with E-state index in [9.17, 15) is 13.6 Å². The molecule has 1 aliphatic rings. The van der Waals surface area contributed by atoms with E-state index in [1.807, 2.05) is 10.7 Å². The van der Waals surface area contributed by atoms with Crippen LogP contribution in [0.15, 0.2) is 36.5 Å². The van der Waals surface area contributed by atoms with Crippen molar-refractivity contribution in [1.82, 2.24) is 19.7 Å². The van der Waals surface area contributed by atoms with Crippen molar-refractivity contribution in [2.45, 2.75) is 39.4 Å². The Balaban J connectivity index is 1.71. The molecule has 6 nitrogen and oxygen atoms in total. The minimum atomic E-state index is -0.684. The van der Waals surface area contributed by atoms with Crippen molar-refractivity contribution >= 4 is 5.91 Å². The summed E-state index contributed by atoms with van der Waals surface area (Å²) in [5.41, 5.74) is 8.96. The van der Waals surface area contributed by atoms with E-state index < -0.39 is 17.5 Å². The van der Waals surface area contributed by atoms with Crippen molar-refractivity contribution in [2.75, 3.05) is 6.54 Å². The summed E-state index contributed by atoms with van der Waals surface area (Å²) in [4.78, 5) is 18.5. The molecule has 0 bridgehead atoms. The van der Waals surface area contributed by atoms with Gasteiger partial charge in [-0.15, -0.1) is 0 Å². The van der Waals surface area contributed by atoms with Crippen LogP contribution in [0.4, 0.5) is 8.78 Å². The smallest absolute Gasteiger partial charge is 0.267 e. The number of pyridine rings is 1. The molecular weight excluding hydrogens is 388 g/mol. The van der Waals surface area contributed by atoms with Gasteiger partial charge in [0.2, 0.25) is 0 Å². The largest absolute Gasteiger partial charge is 0.364 e. The molecule has 0 spiro atoms. The highest BCUT2D eigenvalue weighted by atomic mass is 19.1. The molecule has 1 aliphatic heterocycles. The molecule has 2 aromatic heterocycles. The molecule has 0 saturated heterocycles. The van der Waals surface area contributed by atoms with E-state index in [4.69, 9.17) is 5.73 Å². The minimum absolute atomic E-state index is 0.0709. The third kappa shape index (κ3) is 3.82. The first-order chi connectivity index (χ1) is 14.3. The molecular formula is C22H23F2N5O. The molecule has 8 heteroatoms. The monoisotopic (exact) mass is 411 g/mol. The topological polar surface area (TPSA) is 77.0 Å². The highest BCUT2D eigenvalue weighted by Crippen LogP contribution is 2.32. The number of fused-ring (bicyclic) bond motifs is 1. The third-order valence-corrected chi connectivity index (χ3v) is 5.36. The number of hydrogen-bond donors (Lipinski definition) is 1. The van der Waals surface area contributed by atoms with Crippen LogP contribution in [-0.4, -0.2) is 32.1 Å². The summed E-state index contributed by atoms with van der Waals surface area (Å²) < 4.78 is 29.9. The number of halogens is 2.